The second-order valence-electron chi connectivity index (χ2n) is 9.10. The van der Waals surface area contributed by atoms with Crippen LogP contribution in [0, 0.1) is 5.82 Å². The maximum atomic E-state index is 13.6. The molecule has 0 saturated heterocycles. The van der Waals surface area contributed by atoms with Crippen molar-refractivity contribution in [1.29, 1.82) is 0 Å². The number of rotatable bonds is 12. The van der Waals surface area contributed by atoms with Crippen molar-refractivity contribution >= 4 is 11.9 Å². The van der Waals surface area contributed by atoms with Gasteiger partial charge in [0.15, 0.2) is 5.69 Å². The minimum atomic E-state index is -1.16. The van der Waals surface area contributed by atoms with Crippen molar-refractivity contribution in [3.63, 3.8) is 0 Å². The van der Waals surface area contributed by atoms with Crippen LogP contribution in [0.3, 0.4) is 0 Å². The summed E-state index contributed by atoms with van der Waals surface area (Å²) >= 11 is 0. The van der Waals surface area contributed by atoms with E-state index in [1.807, 2.05) is 44.2 Å². The van der Waals surface area contributed by atoms with E-state index in [1.165, 1.54) is 12.1 Å². The Kier molecular flexibility index (Phi) is 11.9. The van der Waals surface area contributed by atoms with Crippen LogP contribution in [0.1, 0.15) is 67.8 Å². The summed E-state index contributed by atoms with van der Waals surface area (Å²) in [5.74, 6) is -1.97. The molecule has 0 saturated carbocycles. The summed E-state index contributed by atoms with van der Waals surface area (Å²) in [7, 11) is 0. The van der Waals surface area contributed by atoms with Crippen molar-refractivity contribution in [2.75, 3.05) is 0 Å². The minimum absolute atomic E-state index is 0. The van der Waals surface area contributed by atoms with E-state index >= 15 is 0 Å². The normalized spacial score (nSPS) is 12.6. The molecule has 0 spiro atoms. The first-order valence-electron chi connectivity index (χ1n) is 11.9. The smallest absolute Gasteiger partial charge is 1.00 e. The Hall–Kier alpha value is -2.56. The van der Waals surface area contributed by atoms with Gasteiger partial charge in [0.25, 0.3) is 5.91 Å². The van der Waals surface area contributed by atoms with Gasteiger partial charge in [-0.25, -0.2) is 9.07 Å². The number of nitrogens with zero attached hydrogens (tertiary/aromatic N) is 2. The molecular weight excluding hydrogens is 488 g/mol. The molecule has 8 nitrogen and oxygen atoms in total. The third-order valence-corrected chi connectivity index (χ3v) is 5.85. The van der Waals surface area contributed by atoms with Gasteiger partial charge < -0.3 is 22.1 Å². The number of hydrogen-bond donors (Lipinski definition) is 4. The van der Waals surface area contributed by atoms with E-state index in [0.717, 1.165) is 5.56 Å². The van der Waals surface area contributed by atoms with E-state index in [1.54, 1.807) is 16.8 Å². The first-order chi connectivity index (χ1) is 17.2. The van der Waals surface area contributed by atoms with Gasteiger partial charge >= 0.3 is 35.5 Å². The van der Waals surface area contributed by atoms with E-state index in [9.17, 15) is 24.2 Å². The van der Waals surface area contributed by atoms with Gasteiger partial charge in [-0.05, 0) is 55.0 Å². The zero-order valence-corrected chi connectivity index (χ0v) is 23.4. The Morgan fingerprint density at radius 2 is 1.70 bits per heavy atom. The SMILES string of the molecule is CC(C)c1c(C(=O)NCc2ccccc2)nn(-c2ccc(F)cc2)c1CC[C@@H](O)C[C@@H](O)CC(=O)O.[H-].[Na+]. The van der Waals surface area contributed by atoms with Crippen LogP contribution < -0.4 is 34.9 Å². The van der Waals surface area contributed by atoms with Gasteiger partial charge in [-0.15, -0.1) is 0 Å². The fourth-order valence-corrected chi connectivity index (χ4v) is 4.16. The first-order valence-corrected chi connectivity index (χ1v) is 11.9. The number of carboxylic acid groups (broad SMARTS) is 1. The molecule has 3 aromatic rings. The molecule has 0 unspecified atom stereocenters. The molecule has 2 atom stereocenters. The molecule has 37 heavy (non-hydrogen) atoms. The van der Waals surface area contributed by atoms with Crippen LogP contribution in [0.15, 0.2) is 54.6 Å². The third-order valence-electron chi connectivity index (χ3n) is 5.85. The molecule has 10 heteroatoms. The number of halogens is 1. The van der Waals surface area contributed by atoms with E-state index in [-0.39, 0.29) is 61.3 Å². The average molecular weight is 522 g/mol. The molecule has 0 aliphatic rings. The Morgan fingerprint density at radius 3 is 2.30 bits per heavy atom. The molecular formula is C27H33FN3NaO5. The summed E-state index contributed by atoms with van der Waals surface area (Å²) in [5.41, 5.74) is 3.16. The Labute approximate surface area is 239 Å². The van der Waals surface area contributed by atoms with E-state index in [4.69, 9.17) is 5.11 Å². The van der Waals surface area contributed by atoms with Crippen LogP contribution in [0.5, 0.6) is 0 Å². The van der Waals surface area contributed by atoms with Gasteiger partial charge in [0, 0.05) is 17.8 Å². The Morgan fingerprint density at radius 1 is 1.05 bits per heavy atom. The zero-order valence-electron chi connectivity index (χ0n) is 22.4. The maximum absolute atomic E-state index is 13.6. The molecule has 1 heterocycles. The molecule has 1 amide bonds. The zero-order chi connectivity index (χ0) is 26.2. The second-order valence-corrected chi connectivity index (χ2v) is 9.10. The Balaban J connectivity index is 0.00000361. The van der Waals surface area contributed by atoms with E-state index < -0.39 is 30.4 Å². The molecule has 3 rings (SSSR count). The number of amides is 1. The summed E-state index contributed by atoms with van der Waals surface area (Å²) in [6.07, 6.45) is -2.12. The number of carbonyl (C=O) groups is 2. The summed E-state index contributed by atoms with van der Waals surface area (Å²) < 4.78 is 15.2. The number of aliphatic hydroxyl groups excluding tert-OH is 2. The monoisotopic (exact) mass is 521 g/mol. The molecule has 4 N–H and O–H groups in total. The van der Waals surface area contributed by atoms with Crippen molar-refractivity contribution in [2.45, 2.75) is 64.2 Å². The predicted molar refractivity (Wildman–Crippen MR) is 134 cm³/mol. The number of aromatic nitrogens is 2. The molecule has 0 bridgehead atoms. The van der Waals surface area contributed by atoms with Crippen molar-refractivity contribution in [1.82, 2.24) is 15.1 Å². The topological polar surface area (TPSA) is 125 Å². The molecule has 0 aliphatic heterocycles. The number of benzene rings is 2. The molecule has 0 radical (unpaired) electrons. The number of aliphatic hydroxyl groups is 2. The molecule has 0 fully saturated rings. The molecule has 1 aromatic heterocycles. The fraction of sp³-hybridized carbons (Fsp3) is 0.370. The predicted octanol–water partition coefficient (Wildman–Crippen LogP) is 0.701. The van der Waals surface area contributed by atoms with Crippen molar-refractivity contribution in [3.8, 4) is 5.69 Å². The van der Waals surface area contributed by atoms with Crippen LogP contribution in [0.2, 0.25) is 0 Å². The van der Waals surface area contributed by atoms with E-state index in [0.29, 0.717) is 29.9 Å². The number of carboxylic acids is 1. The summed E-state index contributed by atoms with van der Waals surface area (Å²) in [6.45, 7) is 4.21. The number of carbonyl (C=O) groups excluding carboxylic acids is 1. The van der Waals surface area contributed by atoms with Gasteiger partial charge in [-0.1, -0.05) is 44.2 Å². The average Bonchev–Trinajstić information content (AvgIpc) is 3.21. The maximum Gasteiger partial charge on any atom is 1.00 e. The fourth-order valence-electron chi connectivity index (χ4n) is 4.16. The quantitative estimate of drug-likeness (QED) is 0.260. The number of hydrogen-bond acceptors (Lipinski definition) is 5. The number of aliphatic carboxylic acids is 1. The molecule has 2 aromatic carbocycles. The van der Waals surface area contributed by atoms with Crippen LogP contribution in [0.4, 0.5) is 4.39 Å². The third kappa shape index (κ3) is 8.76. The van der Waals surface area contributed by atoms with Crippen LogP contribution in [0.25, 0.3) is 5.69 Å². The van der Waals surface area contributed by atoms with Gasteiger partial charge in [0.2, 0.25) is 0 Å². The van der Waals surface area contributed by atoms with Crippen LogP contribution in [-0.4, -0.2) is 49.2 Å². The number of nitrogens with one attached hydrogen (secondary N) is 1. The van der Waals surface area contributed by atoms with Crippen LogP contribution >= 0.6 is 0 Å². The molecule has 194 valence electrons. The summed E-state index contributed by atoms with van der Waals surface area (Å²) in [5, 5.41) is 36.6. The van der Waals surface area contributed by atoms with Crippen molar-refractivity contribution < 1.29 is 60.3 Å². The van der Waals surface area contributed by atoms with Crippen molar-refractivity contribution in [3.05, 3.63) is 82.9 Å². The van der Waals surface area contributed by atoms with E-state index in [2.05, 4.69) is 10.4 Å². The van der Waals surface area contributed by atoms with Gasteiger partial charge in [0.05, 0.1) is 24.3 Å². The van der Waals surface area contributed by atoms with Crippen LogP contribution in [-0.2, 0) is 17.8 Å². The second kappa shape index (κ2) is 14.4. The van der Waals surface area contributed by atoms with Gasteiger partial charge in [-0.2, -0.15) is 5.10 Å². The largest absolute Gasteiger partial charge is 1.00 e. The van der Waals surface area contributed by atoms with Gasteiger partial charge in [-0.3, -0.25) is 9.59 Å². The molecule has 0 aliphatic carbocycles. The first kappa shape index (κ1) is 30.7. The minimum Gasteiger partial charge on any atom is -1.00 e. The van der Waals surface area contributed by atoms with Crippen molar-refractivity contribution in [2.24, 2.45) is 0 Å². The standard InChI is InChI=1S/C27H32FN3O5.Na.H/c1-17(2)25-23(13-12-21(32)14-22(33)15-24(34)35)31(20-10-8-19(28)9-11-20)30-26(25)27(36)29-16-18-6-4-3-5-7-18;;/h3-11,17,21-22,32-33H,12-16H2,1-2H3,(H,29,36)(H,34,35);;/q;+1;-1/t21-,22-;;/m1../s1. The summed E-state index contributed by atoms with van der Waals surface area (Å²) in [4.78, 5) is 24.0. The Bertz CT molecular complexity index is 1180. The summed E-state index contributed by atoms with van der Waals surface area (Å²) in [6, 6.07) is 15.2. The van der Waals surface area contributed by atoms with Gasteiger partial charge in [0.1, 0.15) is 5.82 Å².